The molecule has 18 heavy (non-hydrogen) atoms. The van der Waals surface area contributed by atoms with E-state index in [1.54, 1.807) is 11.3 Å². The van der Waals surface area contributed by atoms with Gasteiger partial charge in [0, 0.05) is 23.4 Å². The summed E-state index contributed by atoms with van der Waals surface area (Å²) in [6.07, 6.45) is 0. The van der Waals surface area contributed by atoms with Gasteiger partial charge in [0.2, 0.25) is 5.91 Å². The molecule has 1 aromatic heterocycles. The molecule has 1 atom stereocenters. The van der Waals surface area contributed by atoms with Crippen LogP contribution in [0.15, 0.2) is 17.5 Å². The summed E-state index contributed by atoms with van der Waals surface area (Å²) in [5.74, 6) is 0.0272. The maximum atomic E-state index is 12.0. The van der Waals surface area contributed by atoms with E-state index in [0.29, 0.717) is 19.8 Å². The molecule has 1 aliphatic rings. The van der Waals surface area contributed by atoms with Gasteiger partial charge in [0.1, 0.15) is 6.04 Å². The molecule has 1 unspecified atom stereocenters. The molecule has 0 radical (unpaired) electrons. The predicted octanol–water partition coefficient (Wildman–Crippen LogP) is 1.13. The van der Waals surface area contributed by atoms with Gasteiger partial charge in [-0.2, -0.15) is 0 Å². The molecule has 2 rings (SSSR count). The fourth-order valence-corrected chi connectivity index (χ4v) is 2.77. The summed E-state index contributed by atoms with van der Waals surface area (Å²) in [5, 5.41) is 8.23. The number of morpholine rings is 1. The smallest absolute Gasteiger partial charge is 0.239 e. The van der Waals surface area contributed by atoms with Crippen molar-refractivity contribution >= 4 is 17.2 Å². The lowest BCUT2D eigenvalue weighted by Crippen LogP contribution is -2.52. The molecule has 1 fully saturated rings. The molecule has 1 aliphatic heterocycles. The van der Waals surface area contributed by atoms with Crippen LogP contribution in [0.3, 0.4) is 0 Å². The van der Waals surface area contributed by atoms with Crippen molar-refractivity contribution in [1.82, 2.24) is 10.6 Å². The lowest BCUT2D eigenvalue weighted by Gasteiger charge is -2.27. The maximum absolute atomic E-state index is 12.0. The normalized spacial score (nSPS) is 20.7. The summed E-state index contributed by atoms with van der Waals surface area (Å²) < 4.78 is 5.29. The molecule has 0 spiro atoms. The van der Waals surface area contributed by atoms with Crippen molar-refractivity contribution in [1.29, 1.82) is 0 Å². The molecule has 1 amide bonds. The quantitative estimate of drug-likeness (QED) is 0.860. The monoisotopic (exact) mass is 268 g/mol. The van der Waals surface area contributed by atoms with E-state index in [2.05, 4.69) is 35.9 Å². The summed E-state index contributed by atoms with van der Waals surface area (Å²) >= 11 is 1.73. The van der Waals surface area contributed by atoms with Gasteiger partial charge >= 0.3 is 0 Å². The van der Waals surface area contributed by atoms with E-state index >= 15 is 0 Å². The Kier molecular flexibility index (Phi) is 4.37. The van der Waals surface area contributed by atoms with Crippen LogP contribution in [0.5, 0.6) is 0 Å². The first kappa shape index (κ1) is 13.5. The Bertz CT molecular complexity index is 384. The number of hydrogen-bond donors (Lipinski definition) is 2. The van der Waals surface area contributed by atoms with E-state index in [-0.39, 0.29) is 17.4 Å². The molecule has 1 saturated heterocycles. The number of nitrogens with one attached hydrogen (secondary N) is 2. The Balaban J connectivity index is 1.85. The predicted molar refractivity (Wildman–Crippen MR) is 73.0 cm³/mol. The Morgan fingerprint density at radius 2 is 2.50 bits per heavy atom. The van der Waals surface area contributed by atoms with Gasteiger partial charge in [-0.05, 0) is 11.4 Å². The van der Waals surface area contributed by atoms with Crippen LogP contribution in [0.2, 0.25) is 0 Å². The summed E-state index contributed by atoms with van der Waals surface area (Å²) in [5.41, 5.74) is -0.0284. The minimum atomic E-state index is -0.210. The van der Waals surface area contributed by atoms with Crippen LogP contribution in [0.25, 0.3) is 0 Å². The van der Waals surface area contributed by atoms with Crippen LogP contribution < -0.4 is 10.6 Å². The maximum Gasteiger partial charge on any atom is 0.239 e. The van der Waals surface area contributed by atoms with E-state index in [4.69, 9.17) is 4.74 Å². The van der Waals surface area contributed by atoms with E-state index in [1.165, 1.54) is 4.88 Å². The standard InChI is InChI=1S/C13H20N2O2S/c1-13(2,11-4-3-7-18-11)9-15-12(16)10-8-17-6-5-14-10/h3-4,7,10,14H,5-6,8-9H2,1-2H3,(H,15,16). The van der Waals surface area contributed by atoms with Crippen LogP contribution in [0, 0.1) is 0 Å². The number of carbonyl (C=O) groups is 1. The molecule has 2 heterocycles. The lowest BCUT2D eigenvalue weighted by atomic mass is 9.91. The Morgan fingerprint density at radius 1 is 1.67 bits per heavy atom. The SMILES string of the molecule is CC(C)(CNC(=O)C1COCCN1)c1cccs1. The first-order valence-electron chi connectivity index (χ1n) is 6.22. The van der Waals surface area contributed by atoms with Crippen LogP contribution in [-0.2, 0) is 14.9 Å². The average molecular weight is 268 g/mol. The first-order chi connectivity index (χ1) is 8.59. The van der Waals surface area contributed by atoms with Crippen LogP contribution >= 0.6 is 11.3 Å². The largest absolute Gasteiger partial charge is 0.378 e. The zero-order chi connectivity index (χ0) is 13.0. The Morgan fingerprint density at radius 3 is 3.11 bits per heavy atom. The molecule has 2 N–H and O–H groups in total. The summed E-state index contributed by atoms with van der Waals surface area (Å²) in [6.45, 7) is 6.82. The highest BCUT2D eigenvalue weighted by atomic mass is 32.1. The zero-order valence-electron chi connectivity index (χ0n) is 10.9. The van der Waals surface area contributed by atoms with Gasteiger partial charge in [0.25, 0.3) is 0 Å². The fourth-order valence-electron chi connectivity index (χ4n) is 1.92. The Labute approximate surface area is 112 Å². The van der Waals surface area contributed by atoms with Crippen molar-refractivity contribution in [2.24, 2.45) is 0 Å². The van der Waals surface area contributed by atoms with Gasteiger partial charge in [-0.25, -0.2) is 0 Å². The molecule has 4 nitrogen and oxygen atoms in total. The second-order valence-electron chi connectivity index (χ2n) is 5.16. The van der Waals surface area contributed by atoms with Gasteiger partial charge in [-0.3, -0.25) is 4.79 Å². The highest BCUT2D eigenvalue weighted by Crippen LogP contribution is 2.26. The van der Waals surface area contributed by atoms with Crippen molar-refractivity contribution in [3.8, 4) is 0 Å². The van der Waals surface area contributed by atoms with Crippen molar-refractivity contribution in [2.75, 3.05) is 26.3 Å². The van der Waals surface area contributed by atoms with E-state index in [0.717, 1.165) is 6.54 Å². The highest BCUT2D eigenvalue weighted by Gasteiger charge is 2.26. The summed E-state index contributed by atoms with van der Waals surface area (Å²) in [4.78, 5) is 13.3. The average Bonchev–Trinajstić information content (AvgIpc) is 2.92. The minimum Gasteiger partial charge on any atom is -0.378 e. The van der Waals surface area contributed by atoms with E-state index in [1.807, 2.05) is 6.07 Å². The Hall–Kier alpha value is -0.910. The third-order valence-electron chi connectivity index (χ3n) is 3.13. The van der Waals surface area contributed by atoms with Crippen molar-refractivity contribution < 1.29 is 9.53 Å². The topological polar surface area (TPSA) is 50.4 Å². The van der Waals surface area contributed by atoms with Crippen LogP contribution in [0.1, 0.15) is 18.7 Å². The second kappa shape index (κ2) is 5.82. The number of ether oxygens (including phenoxy) is 1. The molecule has 0 aliphatic carbocycles. The minimum absolute atomic E-state index is 0.0272. The molecule has 0 saturated carbocycles. The van der Waals surface area contributed by atoms with Gasteiger partial charge in [-0.1, -0.05) is 19.9 Å². The van der Waals surface area contributed by atoms with Crippen molar-refractivity contribution in [2.45, 2.75) is 25.3 Å². The van der Waals surface area contributed by atoms with Gasteiger partial charge in [0.15, 0.2) is 0 Å². The molecule has 0 aromatic carbocycles. The number of rotatable bonds is 4. The molecule has 5 heteroatoms. The lowest BCUT2D eigenvalue weighted by molar-refractivity contribution is -0.126. The first-order valence-corrected chi connectivity index (χ1v) is 7.10. The number of hydrogen-bond acceptors (Lipinski definition) is 4. The summed E-state index contributed by atoms with van der Waals surface area (Å²) in [7, 11) is 0. The third kappa shape index (κ3) is 3.31. The third-order valence-corrected chi connectivity index (χ3v) is 4.37. The molecule has 0 bridgehead atoms. The van der Waals surface area contributed by atoms with Crippen molar-refractivity contribution in [3.05, 3.63) is 22.4 Å². The zero-order valence-corrected chi connectivity index (χ0v) is 11.7. The highest BCUT2D eigenvalue weighted by molar-refractivity contribution is 7.10. The number of carbonyl (C=O) groups excluding carboxylic acids is 1. The van der Waals surface area contributed by atoms with E-state index in [9.17, 15) is 4.79 Å². The van der Waals surface area contributed by atoms with Gasteiger partial charge in [-0.15, -0.1) is 11.3 Å². The fraction of sp³-hybridized carbons (Fsp3) is 0.615. The summed E-state index contributed by atoms with van der Waals surface area (Å²) in [6, 6.07) is 3.94. The molecular formula is C13H20N2O2S. The van der Waals surface area contributed by atoms with Gasteiger partial charge in [0.05, 0.1) is 13.2 Å². The van der Waals surface area contributed by atoms with Crippen LogP contribution in [0.4, 0.5) is 0 Å². The van der Waals surface area contributed by atoms with E-state index < -0.39 is 0 Å². The second-order valence-corrected chi connectivity index (χ2v) is 6.11. The molecular weight excluding hydrogens is 248 g/mol. The molecule has 100 valence electrons. The van der Waals surface area contributed by atoms with Crippen molar-refractivity contribution in [3.63, 3.8) is 0 Å². The number of thiophene rings is 1. The van der Waals surface area contributed by atoms with Crippen LogP contribution in [-0.4, -0.2) is 38.3 Å². The van der Waals surface area contributed by atoms with Gasteiger partial charge < -0.3 is 15.4 Å². The molecule has 1 aromatic rings. The number of amides is 1.